The number of nitrogens with one attached hydrogen (secondary N) is 1. The maximum absolute atomic E-state index is 13.4. The van der Waals surface area contributed by atoms with Gasteiger partial charge in [0.25, 0.3) is 10.0 Å². The quantitative estimate of drug-likeness (QED) is 0.818. The summed E-state index contributed by atoms with van der Waals surface area (Å²) in [6, 6.07) is 6.99. The molecule has 0 amide bonds. The molecule has 118 valence electrons. The third-order valence-corrected chi connectivity index (χ3v) is 5.10. The zero-order valence-electron chi connectivity index (χ0n) is 11.7. The third-order valence-electron chi connectivity index (χ3n) is 2.91. The van der Waals surface area contributed by atoms with E-state index in [2.05, 4.69) is 20.7 Å². The molecule has 22 heavy (non-hydrogen) atoms. The average Bonchev–Trinajstić information content (AvgIpc) is 2.44. The molecule has 0 radical (unpaired) electrons. The normalized spacial score (nSPS) is 11.3. The lowest BCUT2D eigenvalue weighted by molar-refractivity contribution is 0.403. The summed E-state index contributed by atoms with van der Waals surface area (Å²) in [4.78, 5) is -0.0533. The monoisotopic (exact) mass is 407 g/mol. The Morgan fingerprint density at radius 3 is 2.59 bits per heavy atom. The van der Waals surface area contributed by atoms with Gasteiger partial charge in [0.2, 0.25) is 0 Å². The summed E-state index contributed by atoms with van der Waals surface area (Å²) < 4.78 is 46.4. The molecule has 8 heteroatoms. The Morgan fingerprint density at radius 1 is 1.27 bits per heavy atom. The van der Waals surface area contributed by atoms with Gasteiger partial charge in [-0.2, -0.15) is 0 Å². The number of anilines is 1. The smallest absolute Gasteiger partial charge is 0.265 e. The van der Waals surface area contributed by atoms with Gasteiger partial charge < -0.3 is 4.74 Å². The van der Waals surface area contributed by atoms with Gasteiger partial charge in [-0.25, -0.2) is 12.8 Å². The van der Waals surface area contributed by atoms with E-state index in [-0.39, 0.29) is 26.9 Å². The summed E-state index contributed by atoms with van der Waals surface area (Å²) >= 11 is 9.11. The Labute approximate surface area is 141 Å². The molecule has 2 aromatic rings. The highest BCUT2D eigenvalue weighted by Gasteiger charge is 2.21. The summed E-state index contributed by atoms with van der Waals surface area (Å²) in [6.45, 7) is 1.52. The van der Waals surface area contributed by atoms with Gasteiger partial charge >= 0.3 is 0 Å². The second-order valence-electron chi connectivity index (χ2n) is 4.48. The van der Waals surface area contributed by atoms with Crippen molar-refractivity contribution in [3.8, 4) is 5.75 Å². The molecule has 2 aromatic carbocycles. The van der Waals surface area contributed by atoms with Crippen molar-refractivity contribution in [3.63, 3.8) is 0 Å². The first-order valence-electron chi connectivity index (χ1n) is 6.06. The predicted octanol–water partition coefficient (Wildman–Crippen LogP) is 4.36. The maximum Gasteiger partial charge on any atom is 0.265 e. The summed E-state index contributed by atoms with van der Waals surface area (Å²) in [5.41, 5.74) is 0.380. The lowest BCUT2D eigenvalue weighted by atomic mass is 10.2. The molecule has 0 aromatic heterocycles. The van der Waals surface area contributed by atoms with Crippen LogP contribution in [0.15, 0.2) is 39.7 Å². The van der Waals surface area contributed by atoms with Crippen LogP contribution in [0.25, 0.3) is 0 Å². The highest BCUT2D eigenvalue weighted by atomic mass is 79.9. The van der Waals surface area contributed by atoms with Crippen molar-refractivity contribution in [3.05, 3.63) is 51.2 Å². The minimum absolute atomic E-state index is 0.0272. The maximum atomic E-state index is 13.4. The molecule has 0 bridgehead atoms. The van der Waals surface area contributed by atoms with Crippen molar-refractivity contribution in [2.24, 2.45) is 0 Å². The highest BCUT2D eigenvalue weighted by molar-refractivity contribution is 9.10. The largest absolute Gasteiger partial charge is 0.495 e. The molecule has 2 rings (SSSR count). The fraction of sp³-hybridized carbons (Fsp3) is 0.143. The molecule has 4 nitrogen and oxygen atoms in total. The Hall–Kier alpha value is -1.31. The molecule has 0 fully saturated rings. The number of rotatable bonds is 4. The molecular weight excluding hydrogens is 397 g/mol. The van der Waals surface area contributed by atoms with Crippen LogP contribution in [0.2, 0.25) is 5.02 Å². The van der Waals surface area contributed by atoms with Gasteiger partial charge in [-0.1, -0.05) is 27.5 Å². The zero-order chi connectivity index (χ0) is 16.5. The van der Waals surface area contributed by atoms with Crippen molar-refractivity contribution in [2.75, 3.05) is 11.8 Å². The first kappa shape index (κ1) is 17.1. The van der Waals surface area contributed by atoms with E-state index in [1.165, 1.54) is 32.2 Å². The van der Waals surface area contributed by atoms with Crippen molar-refractivity contribution in [1.82, 2.24) is 0 Å². The van der Waals surface area contributed by atoms with Crippen molar-refractivity contribution >= 4 is 43.2 Å². The molecule has 0 unspecified atom stereocenters. The fourth-order valence-electron chi connectivity index (χ4n) is 1.80. The van der Waals surface area contributed by atoms with Gasteiger partial charge in [0.15, 0.2) is 0 Å². The minimum atomic E-state index is -3.94. The Balaban J connectivity index is 2.49. The molecule has 0 heterocycles. The molecule has 0 spiro atoms. The first-order valence-corrected chi connectivity index (χ1v) is 8.72. The van der Waals surface area contributed by atoms with Crippen LogP contribution in [0.5, 0.6) is 5.75 Å². The Morgan fingerprint density at radius 2 is 1.95 bits per heavy atom. The van der Waals surface area contributed by atoms with E-state index < -0.39 is 15.8 Å². The highest BCUT2D eigenvalue weighted by Crippen LogP contribution is 2.31. The Kier molecular flexibility index (Phi) is 4.99. The van der Waals surface area contributed by atoms with E-state index >= 15 is 0 Å². The molecule has 1 N–H and O–H groups in total. The number of hydrogen-bond donors (Lipinski definition) is 1. The fourth-order valence-corrected chi connectivity index (χ4v) is 3.83. The van der Waals surface area contributed by atoms with Crippen LogP contribution in [0.4, 0.5) is 10.1 Å². The van der Waals surface area contributed by atoms with E-state index in [1.54, 1.807) is 6.07 Å². The second-order valence-corrected chi connectivity index (χ2v) is 7.46. The third kappa shape index (κ3) is 3.53. The lowest BCUT2D eigenvalue weighted by Crippen LogP contribution is -2.14. The zero-order valence-corrected chi connectivity index (χ0v) is 14.8. The van der Waals surface area contributed by atoms with Gasteiger partial charge in [0, 0.05) is 4.47 Å². The summed E-state index contributed by atoms with van der Waals surface area (Å²) in [6.07, 6.45) is 0. The van der Waals surface area contributed by atoms with Gasteiger partial charge in [0.05, 0.1) is 17.8 Å². The van der Waals surface area contributed by atoms with Crippen LogP contribution in [-0.4, -0.2) is 15.5 Å². The van der Waals surface area contributed by atoms with Crippen LogP contribution in [-0.2, 0) is 10.0 Å². The number of halogens is 3. The molecule has 0 aliphatic heterocycles. The first-order chi connectivity index (χ1) is 10.2. The molecule has 0 atom stereocenters. The number of benzene rings is 2. The van der Waals surface area contributed by atoms with Gasteiger partial charge in [-0.05, 0) is 42.8 Å². The predicted molar refractivity (Wildman–Crippen MR) is 87.6 cm³/mol. The molecule has 0 saturated heterocycles. The summed E-state index contributed by atoms with van der Waals surface area (Å²) in [5, 5.41) is -0.0272. The van der Waals surface area contributed by atoms with Crippen molar-refractivity contribution in [2.45, 2.75) is 11.8 Å². The van der Waals surface area contributed by atoms with E-state index in [4.69, 9.17) is 16.3 Å². The average molecular weight is 409 g/mol. The lowest BCUT2D eigenvalue weighted by Gasteiger charge is -2.13. The van der Waals surface area contributed by atoms with E-state index in [1.807, 2.05) is 0 Å². The number of sulfonamides is 1. The van der Waals surface area contributed by atoms with Gasteiger partial charge in [-0.3, -0.25) is 4.72 Å². The van der Waals surface area contributed by atoms with Crippen molar-refractivity contribution < 1.29 is 17.5 Å². The molecular formula is C14H12BrClFNO3S. The molecule has 0 aliphatic rings. The Bertz CT molecular complexity index is 827. The van der Waals surface area contributed by atoms with E-state index in [0.29, 0.717) is 4.47 Å². The molecule has 0 saturated carbocycles. The van der Waals surface area contributed by atoms with Crippen LogP contribution in [0.1, 0.15) is 5.56 Å². The topological polar surface area (TPSA) is 55.4 Å². The van der Waals surface area contributed by atoms with Gasteiger partial charge in [-0.15, -0.1) is 0 Å². The SMILES string of the molecule is COc1ccc(Br)cc1S(=O)(=O)Nc1cc(C)c(F)cc1Cl. The number of methoxy groups -OCH3 is 1. The number of aryl methyl sites for hydroxylation is 1. The molecule has 0 aliphatic carbocycles. The standard InChI is InChI=1S/C14H12BrClFNO3S/c1-8-5-12(10(16)7-11(8)17)18-22(19,20)14-6-9(15)3-4-13(14)21-2/h3-7,18H,1-2H3. The number of hydrogen-bond acceptors (Lipinski definition) is 3. The summed E-state index contributed by atoms with van der Waals surface area (Å²) in [7, 11) is -2.57. The minimum Gasteiger partial charge on any atom is -0.495 e. The number of ether oxygens (including phenoxy) is 1. The van der Waals surface area contributed by atoms with Crippen LogP contribution >= 0.6 is 27.5 Å². The van der Waals surface area contributed by atoms with Crippen LogP contribution < -0.4 is 9.46 Å². The second kappa shape index (κ2) is 6.44. The summed E-state index contributed by atoms with van der Waals surface area (Å²) in [5.74, 6) is -0.321. The van der Waals surface area contributed by atoms with E-state index in [9.17, 15) is 12.8 Å². The van der Waals surface area contributed by atoms with E-state index in [0.717, 1.165) is 6.07 Å². The van der Waals surface area contributed by atoms with Crippen LogP contribution in [0, 0.1) is 12.7 Å². The van der Waals surface area contributed by atoms with Crippen molar-refractivity contribution in [1.29, 1.82) is 0 Å². The van der Waals surface area contributed by atoms with Crippen LogP contribution in [0.3, 0.4) is 0 Å². The van der Waals surface area contributed by atoms with Gasteiger partial charge in [0.1, 0.15) is 16.5 Å².